The van der Waals surface area contributed by atoms with Crippen LogP contribution >= 0.6 is 0 Å². The second-order valence-electron chi connectivity index (χ2n) is 3.64. The topological polar surface area (TPSA) is 12.9 Å². The smallest absolute Gasteiger partial charge is 0.0270 e. The number of hydrogen-bond acceptors (Lipinski definition) is 1. The van der Waals surface area contributed by atoms with Gasteiger partial charge in [-0.3, -0.25) is 4.98 Å². The van der Waals surface area contributed by atoms with Gasteiger partial charge < -0.3 is 0 Å². The van der Waals surface area contributed by atoms with Gasteiger partial charge in [0.15, 0.2) is 0 Å². The molecule has 1 nitrogen and oxygen atoms in total. The van der Waals surface area contributed by atoms with Gasteiger partial charge in [0, 0.05) is 12.4 Å². The minimum absolute atomic E-state index is 0.638. The normalized spacial score (nSPS) is 13.3. The average molecular weight is 189 g/mol. The van der Waals surface area contributed by atoms with Gasteiger partial charge in [0.2, 0.25) is 0 Å². The van der Waals surface area contributed by atoms with Crippen molar-refractivity contribution in [3.8, 4) is 0 Å². The Morgan fingerprint density at radius 2 is 2.00 bits per heavy atom. The number of allylic oxidation sites excluding steroid dienone is 2. The van der Waals surface area contributed by atoms with E-state index < -0.39 is 0 Å². The largest absolute Gasteiger partial charge is 0.265 e. The highest BCUT2D eigenvalue weighted by Gasteiger charge is 2.02. The third-order valence-corrected chi connectivity index (χ3v) is 2.44. The van der Waals surface area contributed by atoms with Crippen molar-refractivity contribution in [2.75, 3.05) is 0 Å². The van der Waals surface area contributed by atoms with Crippen molar-refractivity contribution < 1.29 is 0 Å². The summed E-state index contributed by atoms with van der Waals surface area (Å²) in [6, 6.07) is 4.21. The Hall–Kier alpha value is -1.11. The van der Waals surface area contributed by atoms with Gasteiger partial charge in [-0.05, 0) is 42.9 Å². The maximum absolute atomic E-state index is 4.02. The van der Waals surface area contributed by atoms with Crippen LogP contribution in [0.1, 0.15) is 44.6 Å². The molecule has 1 unspecified atom stereocenters. The van der Waals surface area contributed by atoms with Crippen molar-refractivity contribution in [1.82, 2.24) is 4.98 Å². The number of pyridine rings is 1. The summed E-state index contributed by atoms with van der Waals surface area (Å²) in [5.41, 5.74) is 1.39. The van der Waals surface area contributed by atoms with E-state index in [1.54, 1.807) is 0 Å². The zero-order valence-electron chi connectivity index (χ0n) is 9.11. The monoisotopic (exact) mass is 189 g/mol. The Labute approximate surface area is 86.9 Å². The molecule has 1 aromatic heterocycles. The summed E-state index contributed by atoms with van der Waals surface area (Å²) >= 11 is 0. The first-order chi connectivity index (χ1) is 6.84. The molecule has 0 saturated heterocycles. The number of hydrogen-bond donors (Lipinski definition) is 0. The van der Waals surface area contributed by atoms with E-state index in [4.69, 9.17) is 0 Å². The molecule has 0 N–H and O–H groups in total. The molecular weight excluding hydrogens is 170 g/mol. The summed E-state index contributed by atoms with van der Waals surface area (Å²) in [5.74, 6) is 0.638. The van der Waals surface area contributed by atoms with Gasteiger partial charge in [-0.1, -0.05) is 26.0 Å². The molecule has 0 aliphatic carbocycles. The van der Waals surface area contributed by atoms with Crippen LogP contribution in [-0.4, -0.2) is 4.98 Å². The van der Waals surface area contributed by atoms with Gasteiger partial charge in [0.05, 0.1) is 0 Å². The maximum atomic E-state index is 4.02. The maximum Gasteiger partial charge on any atom is 0.0270 e. The second-order valence-corrected chi connectivity index (χ2v) is 3.64. The number of nitrogens with zero attached hydrogens (tertiary/aromatic N) is 1. The molecule has 0 radical (unpaired) electrons. The van der Waals surface area contributed by atoms with Crippen molar-refractivity contribution in [3.63, 3.8) is 0 Å². The molecule has 1 heteroatoms. The molecule has 0 bridgehead atoms. The summed E-state index contributed by atoms with van der Waals surface area (Å²) in [4.78, 5) is 4.02. The van der Waals surface area contributed by atoms with Crippen LogP contribution in [0.3, 0.4) is 0 Å². The molecule has 1 heterocycles. The van der Waals surface area contributed by atoms with Crippen molar-refractivity contribution >= 4 is 0 Å². The quantitative estimate of drug-likeness (QED) is 0.639. The predicted molar refractivity (Wildman–Crippen MR) is 61.3 cm³/mol. The lowest BCUT2D eigenvalue weighted by atomic mass is 9.97. The van der Waals surface area contributed by atoms with E-state index in [-0.39, 0.29) is 0 Å². The fourth-order valence-electron chi connectivity index (χ4n) is 1.49. The van der Waals surface area contributed by atoms with E-state index in [1.165, 1.54) is 18.4 Å². The summed E-state index contributed by atoms with van der Waals surface area (Å²) in [6.45, 7) is 4.44. The van der Waals surface area contributed by atoms with Gasteiger partial charge in [0.25, 0.3) is 0 Å². The lowest BCUT2D eigenvalue weighted by molar-refractivity contribution is 0.689. The van der Waals surface area contributed by atoms with E-state index in [0.29, 0.717) is 5.92 Å². The number of aromatic nitrogens is 1. The van der Waals surface area contributed by atoms with E-state index in [2.05, 4.69) is 43.1 Å². The summed E-state index contributed by atoms with van der Waals surface area (Å²) in [6.07, 6.45) is 11.8. The van der Waals surface area contributed by atoms with Gasteiger partial charge >= 0.3 is 0 Å². The second kappa shape index (κ2) is 6.36. The fraction of sp³-hybridized carbons (Fsp3) is 0.462. The van der Waals surface area contributed by atoms with Crippen molar-refractivity contribution in [2.24, 2.45) is 0 Å². The molecule has 0 aliphatic rings. The van der Waals surface area contributed by atoms with Crippen LogP contribution in [0, 0.1) is 0 Å². The molecule has 14 heavy (non-hydrogen) atoms. The Bertz CT molecular complexity index is 264. The van der Waals surface area contributed by atoms with E-state index in [0.717, 1.165) is 6.42 Å². The van der Waals surface area contributed by atoms with Crippen LogP contribution in [0.2, 0.25) is 0 Å². The molecule has 0 spiro atoms. The van der Waals surface area contributed by atoms with Crippen LogP contribution < -0.4 is 0 Å². The molecule has 1 rings (SSSR count). The molecule has 1 atom stereocenters. The molecule has 0 amide bonds. The first kappa shape index (κ1) is 11.0. The zero-order valence-corrected chi connectivity index (χ0v) is 9.11. The van der Waals surface area contributed by atoms with Crippen LogP contribution in [-0.2, 0) is 0 Å². The SMILES string of the molecule is CC/C=C\CCC(C)c1ccncc1. The highest BCUT2D eigenvalue weighted by atomic mass is 14.6. The Morgan fingerprint density at radius 3 is 2.64 bits per heavy atom. The molecule has 76 valence electrons. The molecule has 0 fully saturated rings. The van der Waals surface area contributed by atoms with Gasteiger partial charge in [0.1, 0.15) is 0 Å². The minimum atomic E-state index is 0.638. The molecule has 0 aromatic carbocycles. The molecule has 0 aliphatic heterocycles. The number of rotatable bonds is 5. The Kier molecular flexibility index (Phi) is 4.98. The highest BCUT2D eigenvalue weighted by Crippen LogP contribution is 2.19. The average Bonchev–Trinajstić information content (AvgIpc) is 2.25. The van der Waals surface area contributed by atoms with E-state index >= 15 is 0 Å². The van der Waals surface area contributed by atoms with Crippen molar-refractivity contribution in [1.29, 1.82) is 0 Å². The van der Waals surface area contributed by atoms with Gasteiger partial charge in [-0.15, -0.1) is 0 Å². The van der Waals surface area contributed by atoms with Crippen LogP contribution in [0.25, 0.3) is 0 Å². The standard InChI is InChI=1S/C13H19N/c1-3-4-5-6-7-12(2)13-8-10-14-11-9-13/h4-5,8-12H,3,6-7H2,1-2H3/b5-4-. The van der Waals surface area contributed by atoms with Gasteiger partial charge in [-0.2, -0.15) is 0 Å². The summed E-state index contributed by atoms with van der Waals surface area (Å²) in [7, 11) is 0. The fourth-order valence-corrected chi connectivity index (χ4v) is 1.49. The molecule has 0 saturated carbocycles. The van der Waals surface area contributed by atoms with Crippen LogP contribution in [0.15, 0.2) is 36.7 Å². The summed E-state index contributed by atoms with van der Waals surface area (Å²) in [5, 5.41) is 0. The summed E-state index contributed by atoms with van der Waals surface area (Å²) < 4.78 is 0. The third kappa shape index (κ3) is 3.73. The first-order valence-corrected chi connectivity index (χ1v) is 5.39. The molecule has 1 aromatic rings. The third-order valence-electron chi connectivity index (χ3n) is 2.44. The van der Waals surface area contributed by atoms with Gasteiger partial charge in [-0.25, -0.2) is 0 Å². The van der Waals surface area contributed by atoms with E-state index in [1.807, 2.05) is 12.4 Å². The van der Waals surface area contributed by atoms with Crippen LogP contribution in [0.4, 0.5) is 0 Å². The Morgan fingerprint density at radius 1 is 1.29 bits per heavy atom. The lowest BCUT2D eigenvalue weighted by Gasteiger charge is -2.09. The zero-order chi connectivity index (χ0) is 10.2. The van der Waals surface area contributed by atoms with Crippen molar-refractivity contribution in [2.45, 2.75) is 39.0 Å². The van der Waals surface area contributed by atoms with Crippen LogP contribution in [0.5, 0.6) is 0 Å². The Balaban J connectivity index is 2.36. The first-order valence-electron chi connectivity index (χ1n) is 5.39. The predicted octanol–water partition coefficient (Wildman–Crippen LogP) is 3.93. The molecular formula is C13H19N. The van der Waals surface area contributed by atoms with E-state index in [9.17, 15) is 0 Å². The van der Waals surface area contributed by atoms with Crippen molar-refractivity contribution in [3.05, 3.63) is 42.2 Å². The minimum Gasteiger partial charge on any atom is -0.265 e. The lowest BCUT2D eigenvalue weighted by Crippen LogP contribution is -1.92. The highest BCUT2D eigenvalue weighted by molar-refractivity contribution is 5.14.